The quantitative estimate of drug-likeness (QED) is 0.350. The first-order valence-corrected chi connectivity index (χ1v) is 10.8. The van der Waals surface area contributed by atoms with Crippen LogP contribution in [0.25, 0.3) is 33.4 Å². The number of carbonyl (C=O) groups excluding carboxylic acids is 1. The first-order valence-electron chi connectivity index (χ1n) is 10.8. The van der Waals surface area contributed by atoms with Crippen molar-refractivity contribution < 1.29 is 9.21 Å². The third kappa shape index (κ3) is 4.26. The molecule has 5 heteroatoms. The van der Waals surface area contributed by atoms with Crippen molar-refractivity contribution in [2.45, 2.75) is 20.3 Å². The van der Waals surface area contributed by atoms with Gasteiger partial charge in [-0.05, 0) is 53.9 Å². The Bertz CT molecular complexity index is 1440. The van der Waals surface area contributed by atoms with E-state index in [1.807, 2.05) is 74.5 Å². The summed E-state index contributed by atoms with van der Waals surface area (Å²) in [5.41, 5.74) is 6.50. The fourth-order valence-electron chi connectivity index (χ4n) is 4.10. The highest BCUT2D eigenvalue weighted by Gasteiger charge is 2.17. The summed E-state index contributed by atoms with van der Waals surface area (Å²) in [7, 11) is 0. The van der Waals surface area contributed by atoms with Gasteiger partial charge < -0.3 is 9.73 Å². The molecule has 0 aliphatic carbocycles. The van der Waals surface area contributed by atoms with Crippen molar-refractivity contribution >= 4 is 22.5 Å². The number of benzene rings is 3. The summed E-state index contributed by atoms with van der Waals surface area (Å²) in [6.07, 6.45) is 1.93. The lowest BCUT2D eigenvalue weighted by molar-refractivity contribution is -0.115. The van der Waals surface area contributed by atoms with Crippen molar-refractivity contribution in [2.75, 3.05) is 5.32 Å². The van der Waals surface area contributed by atoms with Gasteiger partial charge in [-0.1, -0.05) is 48.5 Å². The summed E-state index contributed by atoms with van der Waals surface area (Å²) in [6.45, 7) is 3.78. The van der Waals surface area contributed by atoms with Crippen LogP contribution in [0.4, 0.5) is 5.69 Å². The van der Waals surface area contributed by atoms with Gasteiger partial charge in [0.25, 0.3) is 0 Å². The topological polar surface area (TPSA) is 68.0 Å². The summed E-state index contributed by atoms with van der Waals surface area (Å²) in [5.74, 6) is 1.24. The molecule has 1 amide bonds. The van der Waals surface area contributed by atoms with Gasteiger partial charge in [-0.2, -0.15) is 0 Å². The molecule has 0 spiro atoms. The predicted octanol–water partition coefficient (Wildman–Crippen LogP) is 6.35. The number of anilines is 1. The van der Waals surface area contributed by atoms with Gasteiger partial charge >= 0.3 is 0 Å². The lowest BCUT2D eigenvalue weighted by Gasteiger charge is -2.16. The van der Waals surface area contributed by atoms with Crippen molar-refractivity contribution in [1.29, 1.82) is 0 Å². The average Bonchev–Trinajstić information content (AvgIpc) is 3.27. The van der Waals surface area contributed by atoms with Crippen LogP contribution in [0.3, 0.4) is 0 Å². The van der Waals surface area contributed by atoms with Crippen molar-refractivity contribution in [2.24, 2.45) is 0 Å². The van der Waals surface area contributed by atoms with Gasteiger partial charge in [-0.3, -0.25) is 9.78 Å². The van der Waals surface area contributed by atoms with E-state index in [1.54, 1.807) is 6.20 Å². The van der Waals surface area contributed by atoms with E-state index in [0.29, 0.717) is 11.7 Å². The number of hydrogen-bond acceptors (Lipinski definition) is 4. The standard InChI is InChI=1S/C28H23N3O2/c1-18-24(28(21-8-4-3-5-9-21)23-10-6-7-11-25(23)30-18)16-27(32)31-22-14-12-20(13-15-22)26-17-29-19(2)33-26/h3-15,17H,16H2,1-2H3,(H,31,32). The van der Waals surface area contributed by atoms with Crippen LogP contribution >= 0.6 is 0 Å². The summed E-state index contributed by atoms with van der Waals surface area (Å²) < 4.78 is 5.57. The maximum absolute atomic E-state index is 13.0. The number of aryl methyl sites for hydroxylation is 2. The van der Waals surface area contributed by atoms with Crippen molar-refractivity contribution in [3.8, 4) is 22.5 Å². The number of nitrogens with zero attached hydrogens (tertiary/aromatic N) is 2. The van der Waals surface area contributed by atoms with Crippen molar-refractivity contribution in [3.05, 3.63) is 102 Å². The highest BCUT2D eigenvalue weighted by atomic mass is 16.4. The first kappa shape index (κ1) is 20.6. The molecular formula is C28H23N3O2. The minimum Gasteiger partial charge on any atom is -0.441 e. The molecule has 1 N–H and O–H groups in total. The molecule has 5 nitrogen and oxygen atoms in total. The molecule has 3 aromatic carbocycles. The van der Waals surface area contributed by atoms with Gasteiger partial charge in [0.15, 0.2) is 11.7 Å². The van der Waals surface area contributed by atoms with Crippen LogP contribution < -0.4 is 5.32 Å². The molecule has 162 valence electrons. The van der Waals surface area contributed by atoms with E-state index < -0.39 is 0 Å². The number of amides is 1. The molecule has 33 heavy (non-hydrogen) atoms. The van der Waals surface area contributed by atoms with Crippen LogP contribution in [0.15, 0.2) is 89.5 Å². The largest absolute Gasteiger partial charge is 0.441 e. The van der Waals surface area contributed by atoms with E-state index in [1.165, 1.54) is 0 Å². The molecule has 0 aliphatic rings. The summed E-state index contributed by atoms with van der Waals surface area (Å²) in [4.78, 5) is 21.9. The second-order valence-electron chi connectivity index (χ2n) is 7.98. The summed E-state index contributed by atoms with van der Waals surface area (Å²) in [6, 6.07) is 25.8. The van der Waals surface area contributed by atoms with E-state index in [2.05, 4.69) is 28.5 Å². The number of nitrogens with one attached hydrogen (secondary N) is 1. The third-order valence-corrected chi connectivity index (χ3v) is 5.67. The molecule has 5 aromatic rings. The van der Waals surface area contributed by atoms with Gasteiger partial charge in [0.05, 0.1) is 18.1 Å². The molecule has 5 rings (SSSR count). The number of aromatic nitrogens is 2. The zero-order valence-corrected chi connectivity index (χ0v) is 18.5. The monoisotopic (exact) mass is 433 g/mol. The smallest absolute Gasteiger partial charge is 0.228 e. The first-order chi connectivity index (χ1) is 16.1. The zero-order valence-electron chi connectivity index (χ0n) is 18.5. The number of para-hydroxylation sites is 1. The fourth-order valence-corrected chi connectivity index (χ4v) is 4.10. The van der Waals surface area contributed by atoms with Crippen LogP contribution in [0.2, 0.25) is 0 Å². The predicted molar refractivity (Wildman–Crippen MR) is 131 cm³/mol. The highest BCUT2D eigenvalue weighted by Crippen LogP contribution is 2.33. The Morgan fingerprint density at radius 3 is 2.33 bits per heavy atom. The van der Waals surface area contributed by atoms with E-state index >= 15 is 0 Å². The van der Waals surface area contributed by atoms with E-state index in [9.17, 15) is 4.79 Å². The SMILES string of the molecule is Cc1ncc(-c2ccc(NC(=O)Cc3c(C)nc4ccccc4c3-c3ccccc3)cc2)o1. The lowest BCUT2D eigenvalue weighted by atomic mass is 9.92. The minimum absolute atomic E-state index is 0.0874. The Balaban J connectivity index is 1.44. The van der Waals surface area contributed by atoms with Gasteiger partial charge in [-0.15, -0.1) is 0 Å². The normalized spacial score (nSPS) is 11.0. The number of rotatable bonds is 5. The molecule has 0 bridgehead atoms. The molecule has 0 saturated heterocycles. The maximum atomic E-state index is 13.0. The second-order valence-corrected chi connectivity index (χ2v) is 7.98. The van der Waals surface area contributed by atoms with E-state index in [0.717, 1.165) is 44.5 Å². The number of pyridine rings is 1. The number of hydrogen-bond donors (Lipinski definition) is 1. The minimum atomic E-state index is -0.0874. The Labute approximate surface area is 192 Å². The van der Waals surface area contributed by atoms with Gasteiger partial charge in [-0.25, -0.2) is 4.98 Å². The Kier molecular flexibility index (Phi) is 5.45. The van der Waals surface area contributed by atoms with Crippen molar-refractivity contribution in [3.63, 3.8) is 0 Å². The van der Waals surface area contributed by atoms with Crippen LogP contribution in [-0.4, -0.2) is 15.9 Å². The average molecular weight is 434 g/mol. The Morgan fingerprint density at radius 2 is 1.61 bits per heavy atom. The number of oxazole rings is 1. The summed E-state index contributed by atoms with van der Waals surface area (Å²) in [5, 5.41) is 4.06. The summed E-state index contributed by atoms with van der Waals surface area (Å²) >= 11 is 0. The maximum Gasteiger partial charge on any atom is 0.228 e. The highest BCUT2D eigenvalue weighted by molar-refractivity contribution is 6.00. The lowest BCUT2D eigenvalue weighted by Crippen LogP contribution is -2.16. The van der Waals surface area contributed by atoms with Crippen LogP contribution in [-0.2, 0) is 11.2 Å². The van der Waals surface area contributed by atoms with Crippen LogP contribution in [0.5, 0.6) is 0 Å². The number of carbonyl (C=O) groups is 1. The molecule has 2 heterocycles. The third-order valence-electron chi connectivity index (χ3n) is 5.67. The molecule has 0 atom stereocenters. The molecule has 0 radical (unpaired) electrons. The Morgan fingerprint density at radius 1 is 0.879 bits per heavy atom. The molecule has 0 saturated carbocycles. The Hall–Kier alpha value is -4.25. The number of fused-ring (bicyclic) bond motifs is 1. The zero-order chi connectivity index (χ0) is 22.8. The molecule has 0 fully saturated rings. The molecule has 2 aromatic heterocycles. The van der Waals surface area contributed by atoms with Crippen LogP contribution in [0.1, 0.15) is 17.1 Å². The molecular weight excluding hydrogens is 410 g/mol. The van der Waals surface area contributed by atoms with Gasteiger partial charge in [0.1, 0.15) is 0 Å². The van der Waals surface area contributed by atoms with Crippen molar-refractivity contribution in [1.82, 2.24) is 9.97 Å². The van der Waals surface area contributed by atoms with Gasteiger partial charge in [0.2, 0.25) is 5.91 Å². The van der Waals surface area contributed by atoms with Crippen LogP contribution in [0, 0.1) is 13.8 Å². The fraction of sp³-hybridized carbons (Fsp3) is 0.107. The van der Waals surface area contributed by atoms with E-state index in [4.69, 9.17) is 9.40 Å². The second kappa shape index (κ2) is 8.71. The van der Waals surface area contributed by atoms with E-state index in [-0.39, 0.29) is 12.3 Å². The molecule has 0 aliphatic heterocycles. The molecule has 0 unspecified atom stereocenters. The van der Waals surface area contributed by atoms with Gasteiger partial charge in [0, 0.05) is 29.3 Å².